The Morgan fingerprint density at radius 1 is 0.909 bits per heavy atom. The summed E-state index contributed by atoms with van der Waals surface area (Å²) < 4.78 is 25.6. The van der Waals surface area contributed by atoms with E-state index in [9.17, 15) is 39.8 Å². The van der Waals surface area contributed by atoms with Crippen LogP contribution >= 0.6 is 35.4 Å². The summed E-state index contributed by atoms with van der Waals surface area (Å²) >= 11 is 9.93. The minimum Gasteiger partial charge on any atom is -0.402 e. The molecule has 1 heterocycles. The first-order chi connectivity index (χ1) is 20.7. The van der Waals surface area contributed by atoms with Crippen molar-refractivity contribution in [3.8, 4) is 11.4 Å². The molecular weight excluding hydrogens is 683 g/mol. The molecule has 234 valence electrons. The molecule has 3 aromatic carbocycles. The predicted molar refractivity (Wildman–Crippen MR) is 166 cm³/mol. The number of carbonyl (C=O) groups excluding carboxylic acids is 1. The van der Waals surface area contributed by atoms with E-state index in [0.29, 0.717) is 26.8 Å². The summed E-state index contributed by atoms with van der Waals surface area (Å²) in [5.41, 5.74) is 2.45. The van der Waals surface area contributed by atoms with Crippen LogP contribution in [0.25, 0.3) is 16.6 Å². The molecule has 7 atom stereocenters. The molecule has 44 heavy (non-hydrogen) atoms. The van der Waals surface area contributed by atoms with Crippen LogP contribution in [0.5, 0.6) is 5.75 Å². The first-order valence-corrected chi connectivity index (χ1v) is 15.9. The molecule has 0 aliphatic heterocycles. The molecule has 0 radical (unpaired) electrons. The van der Waals surface area contributed by atoms with Gasteiger partial charge >= 0.3 is 7.82 Å². The third-order valence-corrected chi connectivity index (χ3v) is 9.64. The first kappa shape index (κ1) is 32.6. The van der Waals surface area contributed by atoms with Crippen LogP contribution < -0.4 is 9.42 Å². The fraction of sp³-hybridized carbons (Fsp3) is 0.276. The van der Waals surface area contributed by atoms with E-state index in [4.69, 9.17) is 20.6 Å². The number of halogens is 2. The molecule has 0 bridgehead atoms. The molecule has 0 amide bonds. The van der Waals surface area contributed by atoms with E-state index in [2.05, 4.69) is 15.9 Å². The third kappa shape index (κ3) is 6.05. The number of nitrogens with zero attached hydrogens (tertiary/aromatic N) is 2. The maximum Gasteiger partial charge on any atom is 0.527 e. The van der Waals surface area contributed by atoms with Crippen LogP contribution in [-0.4, -0.2) is 91.5 Å². The molecule has 1 fully saturated rings. The van der Waals surface area contributed by atoms with Crippen LogP contribution in [-0.2, 0) is 9.09 Å². The van der Waals surface area contributed by atoms with E-state index in [1.54, 1.807) is 53.1 Å². The van der Waals surface area contributed by atoms with Gasteiger partial charge in [-0.1, -0.05) is 23.7 Å². The van der Waals surface area contributed by atoms with E-state index in [-0.39, 0.29) is 21.9 Å². The molecule has 15 heteroatoms. The van der Waals surface area contributed by atoms with E-state index < -0.39 is 44.4 Å². The van der Waals surface area contributed by atoms with Gasteiger partial charge in [0.15, 0.2) is 11.5 Å². The maximum absolute atomic E-state index is 13.7. The number of aromatic nitrogens is 1. The van der Waals surface area contributed by atoms with Crippen LogP contribution in [0.3, 0.4) is 0 Å². The molecule has 1 aliphatic carbocycles. The van der Waals surface area contributed by atoms with Crippen LogP contribution in [0.4, 0.5) is 5.69 Å². The molecular formula is C29H29BrClN2O10P. The second kappa shape index (κ2) is 12.5. The van der Waals surface area contributed by atoms with E-state index in [0.717, 1.165) is 5.69 Å². The number of fused-ring (bicyclic) bond motifs is 1. The highest BCUT2D eigenvalue weighted by Crippen LogP contribution is 2.51. The monoisotopic (exact) mass is 710 g/mol. The van der Waals surface area contributed by atoms with Gasteiger partial charge < -0.3 is 39.5 Å². The summed E-state index contributed by atoms with van der Waals surface area (Å²) in [5, 5.41) is 50.7. The van der Waals surface area contributed by atoms with Crippen molar-refractivity contribution in [2.75, 3.05) is 19.0 Å². The predicted octanol–water partition coefficient (Wildman–Crippen LogP) is 3.03. The number of phosphoric acid groups is 1. The van der Waals surface area contributed by atoms with Gasteiger partial charge in [0.05, 0.1) is 27.8 Å². The number of carbonyl (C=O) groups is 1. The van der Waals surface area contributed by atoms with Gasteiger partial charge in [-0.25, -0.2) is 4.57 Å². The number of rotatable bonds is 8. The molecule has 0 saturated heterocycles. The van der Waals surface area contributed by atoms with Gasteiger partial charge in [0.2, 0.25) is 0 Å². The van der Waals surface area contributed by atoms with Gasteiger partial charge in [0.25, 0.3) is 0 Å². The Morgan fingerprint density at radius 2 is 1.50 bits per heavy atom. The summed E-state index contributed by atoms with van der Waals surface area (Å²) in [6.07, 6.45) is -10.7. The minimum absolute atomic E-state index is 0.103. The summed E-state index contributed by atoms with van der Waals surface area (Å²) in [6, 6.07) is 17.1. The van der Waals surface area contributed by atoms with Gasteiger partial charge in [0, 0.05) is 35.4 Å². The Morgan fingerprint density at radius 3 is 2.11 bits per heavy atom. The Balaban J connectivity index is 1.55. The van der Waals surface area contributed by atoms with Gasteiger partial charge in [-0.15, -0.1) is 0 Å². The van der Waals surface area contributed by atoms with Gasteiger partial charge in [0.1, 0.15) is 36.6 Å². The molecule has 12 nitrogen and oxygen atoms in total. The SMILES string of the molecule is CN(C)c1ccc(C(=O)c2ccccc2-n2cc(OP(=O)(O)OC3[C@H](O)[C@H](O)C(O)[C@H](O)[C@H]3O)c3c(Cl)c(Br)ccc32)cc1. The molecule has 3 unspecified atom stereocenters. The number of aliphatic hydroxyl groups is 5. The van der Waals surface area contributed by atoms with Crippen LogP contribution in [0.1, 0.15) is 15.9 Å². The average Bonchev–Trinajstić information content (AvgIpc) is 3.36. The van der Waals surface area contributed by atoms with Crippen molar-refractivity contribution in [1.29, 1.82) is 0 Å². The van der Waals surface area contributed by atoms with Gasteiger partial charge in [-0.05, 0) is 64.5 Å². The zero-order valence-corrected chi connectivity index (χ0v) is 26.5. The highest BCUT2D eigenvalue weighted by Gasteiger charge is 2.51. The highest BCUT2D eigenvalue weighted by molar-refractivity contribution is 9.10. The number of phosphoric ester groups is 1. The van der Waals surface area contributed by atoms with Crippen molar-refractivity contribution in [1.82, 2.24) is 4.57 Å². The summed E-state index contributed by atoms with van der Waals surface area (Å²) in [4.78, 5) is 26.3. The Labute approximate surface area is 265 Å². The Kier molecular flexibility index (Phi) is 9.28. The average molecular weight is 712 g/mol. The molecule has 1 aromatic heterocycles. The van der Waals surface area contributed by atoms with E-state index in [1.807, 2.05) is 31.1 Å². The van der Waals surface area contributed by atoms with E-state index >= 15 is 0 Å². The van der Waals surface area contributed by atoms with Crippen molar-refractivity contribution in [3.63, 3.8) is 0 Å². The zero-order chi connectivity index (χ0) is 32.1. The Hall–Kier alpha value is -2.81. The fourth-order valence-corrected chi connectivity index (χ4v) is 6.63. The zero-order valence-electron chi connectivity index (χ0n) is 23.2. The summed E-state index contributed by atoms with van der Waals surface area (Å²) in [6.45, 7) is 0. The second-order valence-electron chi connectivity index (χ2n) is 10.5. The molecule has 0 spiro atoms. The highest BCUT2D eigenvalue weighted by atomic mass is 79.9. The lowest BCUT2D eigenvalue weighted by molar-refractivity contribution is -0.219. The van der Waals surface area contributed by atoms with Crippen molar-refractivity contribution in [3.05, 3.63) is 87.5 Å². The number of ketones is 1. The summed E-state index contributed by atoms with van der Waals surface area (Å²) in [7, 11) is -1.45. The van der Waals surface area contributed by atoms with Crippen molar-refractivity contribution >= 4 is 57.7 Å². The number of hydrogen-bond donors (Lipinski definition) is 6. The quantitative estimate of drug-likeness (QED) is 0.117. The maximum atomic E-state index is 13.7. The van der Waals surface area contributed by atoms with E-state index in [1.165, 1.54) is 6.20 Å². The smallest absolute Gasteiger partial charge is 0.402 e. The molecule has 1 aliphatic rings. The van der Waals surface area contributed by atoms with Crippen molar-refractivity contribution in [2.24, 2.45) is 0 Å². The topological polar surface area (TPSA) is 182 Å². The Bertz CT molecular complexity index is 1730. The molecule has 4 aromatic rings. The first-order valence-electron chi connectivity index (χ1n) is 13.2. The lowest BCUT2D eigenvalue weighted by atomic mass is 9.85. The molecule has 1 saturated carbocycles. The number of hydrogen-bond acceptors (Lipinski definition) is 10. The second-order valence-corrected chi connectivity index (χ2v) is 13.1. The number of aliphatic hydroxyl groups excluding tert-OH is 5. The standard InChI is InChI=1S/C29H29BrClN2O10P/c1-32(2)15-9-7-14(8-10-15)23(34)16-5-3-4-6-18(16)33-13-20(21-19(33)12-11-17(30)22(21)31)42-44(40,41)43-29-27(38)25(36)24(35)26(37)28(29)39/h3-13,24-29,35-39H,1-2H3,(H,40,41)/t24?,25-,26+,27-,28-,29?/m1/s1. The van der Waals surface area contributed by atoms with Crippen LogP contribution in [0.2, 0.25) is 5.02 Å². The number of anilines is 1. The largest absolute Gasteiger partial charge is 0.527 e. The lowest BCUT2D eigenvalue weighted by Gasteiger charge is -2.41. The minimum atomic E-state index is -5.22. The third-order valence-electron chi connectivity index (χ3n) is 7.42. The number of benzene rings is 3. The molecule has 6 N–H and O–H groups in total. The van der Waals surface area contributed by atoms with Crippen LogP contribution in [0, 0.1) is 0 Å². The molecule has 5 rings (SSSR count). The summed E-state index contributed by atoms with van der Waals surface area (Å²) in [5.74, 6) is -0.537. The van der Waals surface area contributed by atoms with Gasteiger partial charge in [-0.2, -0.15) is 0 Å². The van der Waals surface area contributed by atoms with Gasteiger partial charge in [-0.3, -0.25) is 14.2 Å². The van der Waals surface area contributed by atoms with Crippen molar-refractivity contribution < 1.29 is 48.8 Å². The van der Waals surface area contributed by atoms with Crippen molar-refractivity contribution in [2.45, 2.75) is 36.6 Å². The lowest BCUT2D eigenvalue weighted by Crippen LogP contribution is -2.64. The fourth-order valence-electron chi connectivity index (χ4n) is 5.06. The number of para-hydroxylation sites is 1. The normalized spacial score (nSPS) is 25.0. The van der Waals surface area contributed by atoms with Crippen LogP contribution in [0.15, 0.2) is 71.3 Å².